The van der Waals surface area contributed by atoms with Crippen LogP contribution < -0.4 is 4.90 Å². The Morgan fingerprint density at radius 2 is 1.84 bits per heavy atom. The third kappa shape index (κ3) is 3.46. The highest BCUT2D eigenvalue weighted by Crippen LogP contribution is 2.23. The summed E-state index contributed by atoms with van der Waals surface area (Å²) in [6.07, 6.45) is 9.73. The Kier molecular flexibility index (Phi) is 4.57. The van der Waals surface area contributed by atoms with Crippen LogP contribution in [0.5, 0.6) is 0 Å². The van der Waals surface area contributed by atoms with Gasteiger partial charge in [-0.3, -0.25) is 9.88 Å². The van der Waals surface area contributed by atoms with E-state index in [-0.39, 0.29) is 0 Å². The lowest BCUT2D eigenvalue weighted by molar-refractivity contribution is 0.200. The average Bonchev–Trinajstić information content (AvgIpc) is 2.69. The maximum atomic E-state index is 4.37. The number of rotatable bonds is 4. The second-order valence-corrected chi connectivity index (χ2v) is 6.70. The smallest absolute Gasteiger partial charge is 0.225 e. The van der Waals surface area contributed by atoms with E-state index in [1.54, 1.807) is 0 Å². The van der Waals surface area contributed by atoms with Gasteiger partial charge in [0, 0.05) is 55.8 Å². The van der Waals surface area contributed by atoms with Crippen LogP contribution in [0.1, 0.15) is 18.4 Å². The fourth-order valence-electron chi connectivity index (χ4n) is 3.69. The quantitative estimate of drug-likeness (QED) is 0.734. The Morgan fingerprint density at radius 3 is 2.64 bits per heavy atom. The van der Waals surface area contributed by atoms with Gasteiger partial charge in [0.1, 0.15) is 0 Å². The number of fused-ring (bicyclic) bond motifs is 1. The molecule has 3 heterocycles. The summed E-state index contributed by atoms with van der Waals surface area (Å²) in [5, 5.41) is 2.52. The van der Waals surface area contributed by atoms with E-state index in [9.17, 15) is 0 Å². The van der Waals surface area contributed by atoms with Crippen molar-refractivity contribution in [3.8, 4) is 0 Å². The van der Waals surface area contributed by atoms with E-state index in [2.05, 4.69) is 56.1 Å². The highest BCUT2D eigenvalue weighted by atomic mass is 15.3. The fraction of sp³-hybridized carbons (Fsp3) is 0.350. The normalized spacial score (nSPS) is 15.8. The molecular weight excluding hydrogens is 310 g/mol. The topological polar surface area (TPSA) is 45.2 Å². The van der Waals surface area contributed by atoms with Gasteiger partial charge in [0.25, 0.3) is 0 Å². The summed E-state index contributed by atoms with van der Waals surface area (Å²) in [6.45, 7) is 2.99. The van der Waals surface area contributed by atoms with Crippen molar-refractivity contribution in [2.75, 3.05) is 25.0 Å². The van der Waals surface area contributed by atoms with E-state index >= 15 is 0 Å². The maximum Gasteiger partial charge on any atom is 0.225 e. The molecule has 1 aliphatic rings. The zero-order valence-electron chi connectivity index (χ0n) is 14.5. The maximum absolute atomic E-state index is 4.37. The van der Waals surface area contributed by atoms with E-state index < -0.39 is 0 Å². The number of hydrogen-bond donors (Lipinski definition) is 0. The molecule has 5 nitrogen and oxygen atoms in total. The second-order valence-electron chi connectivity index (χ2n) is 6.70. The third-order valence-corrected chi connectivity index (χ3v) is 5.11. The fourth-order valence-corrected chi connectivity index (χ4v) is 3.69. The summed E-state index contributed by atoms with van der Waals surface area (Å²) in [5.41, 5.74) is 1.37. The van der Waals surface area contributed by atoms with Crippen LogP contribution in [0.4, 0.5) is 5.95 Å². The number of aromatic nitrogens is 3. The number of anilines is 1. The van der Waals surface area contributed by atoms with Crippen LogP contribution in [0, 0.1) is 0 Å². The lowest BCUT2D eigenvalue weighted by Crippen LogP contribution is -2.43. The second kappa shape index (κ2) is 7.15. The van der Waals surface area contributed by atoms with Crippen LogP contribution in [0.15, 0.2) is 55.1 Å². The molecule has 5 heteroatoms. The third-order valence-electron chi connectivity index (χ3n) is 5.11. The Hall–Kier alpha value is -2.53. The van der Waals surface area contributed by atoms with Crippen molar-refractivity contribution >= 4 is 16.7 Å². The summed E-state index contributed by atoms with van der Waals surface area (Å²) in [6, 6.07) is 11.1. The molecule has 0 bridgehead atoms. The molecule has 1 fully saturated rings. The molecular formula is C20H23N5. The Morgan fingerprint density at radius 1 is 1.04 bits per heavy atom. The minimum atomic E-state index is 0.594. The largest absolute Gasteiger partial charge is 0.341 e. The molecule has 1 saturated heterocycles. The number of nitrogens with zero attached hydrogens (tertiary/aromatic N) is 5. The molecule has 1 aromatic carbocycles. The minimum Gasteiger partial charge on any atom is -0.341 e. The van der Waals surface area contributed by atoms with Crippen LogP contribution in [0.3, 0.4) is 0 Å². The monoisotopic (exact) mass is 333 g/mol. The molecule has 25 heavy (non-hydrogen) atoms. The SMILES string of the molecule is CN(Cc1cccc2cnccc12)C1CCN(c2ncccn2)CC1. The van der Waals surface area contributed by atoms with Gasteiger partial charge in [-0.25, -0.2) is 9.97 Å². The molecule has 1 aliphatic heterocycles. The molecule has 4 rings (SSSR count). The van der Waals surface area contributed by atoms with Crippen LogP contribution in [0.2, 0.25) is 0 Å². The summed E-state index contributed by atoms with van der Waals surface area (Å²) in [5.74, 6) is 0.852. The van der Waals surface area contributed by atoms with Crippen molar-refractivity contribution in [2.45, 2.75) is 25.4 Å². The molecule has 0 saturated carbocycles. The molecule has 0 atom stereocenters. The van der Waals surface area contributed by atoms with Gasteiger partial charge in [-0.05, 0) is 43.0 Å². The van der Waals surface area contributed by atoms with E-state index in [1.165, 1.54) is 16.3 Å². The number of benzene rings is 1. The predicted molar refractivity (Wildman–Crippen MR) is 100 cm³/mol. The Bertz CT molecular complexity index is 822. The van der Waals surface area contributed by atoms with Crippen LogP contribution in [-0.4, -0.2) is 46.0 Å². The predicted octanol–water partition coefficient (Wildman–Crippen LogP) is 3.13. The standard InChI is InChI=1S/C20H23N5/c1-24(15-17-5-2-4-16-14-21-11-6-19(16)17)18-7-12-25(13-8-18)20-22-9-3-10-23-20/h2-6,9-11,14,18H,7-8,12-13,15H2,1H3. The molecule has 3 aromatic rings. The first kappa shape index (κ1) is 16.0. The van der Waals surface area contributed by atoms with Crippen molar-refractivity contribution in [1.82, 2.24) is 19.9 Å². The molecule has 0 aliphatic carbocycles. The molecule has 2 aromatic heterocycles. The van der Waals surface area contributed by atoms with E-state index in [0.29, 0.717) is 6.04 Å². The molecule has 0 spiro atoms. The molecule has 0 unspecified atom stereocenters. The van der Waals surface area contributed by atoms with Crippen molar-refractivity contribution in [3.05, 3.63) is 60.7 Å². The lowest BCUT2D eigenvalue weighted by atomic mass is 10.0. The van der Waals surface area contributed by atoms with Gasteiger partial charge >= 0.3 is 0 Å². The first-order chi connectivity index (χ1) is 12.3. The highest BCUT2D eigenvalue weighted by molar-refractivity contribution is 5.84. The van der Waals surface area contributed by atoms with Gasteiger partial charge in [0.05, 0.1) is 0 Å². The van der Waals surface area contributed by atoms with E-state index in [0.717, 1.165) is 38.4 Å². The molecule has 0 amide bonds. The van der Waals surface area contributed by atoms with Gasteiger partial charge < -0.3 is 4.90 Å². The van der Waals surface area contributed by atoms with Crippen LogP contribution in [0.25, 0.3) is 10.8 Å². The zero-order chi connectivity index (χ0) is 17.1. The zero-order valence-corrected chi connectivity index (χ0v) is 14.5. The van der Waals surface area contributed by atoms with Crippen molar-refractivity contribution in [2.24, 2.45) is 0 Å². The molecule has 128 valence electrons. The van der Waals surface area contributed by atoms with Gasteiger partial charge in [-0.2, -0.15) is 0 Å². The van der Waals surface area contributed by atoms with Gasteiger partial charge in [0.15, 0.2) is 0 Å². The summed E-state index contributed by atoms with van der Waals surface area (Å²) in [4.78, 5) is 17.7. The van der Waals surface area contributed by atoms with Gasteiger partial charge in [-0.15, -0.1) is 0 Å². The molecule has 0 N–H and O–H groups in total. The summed E-state index contributed by atoms with van der Waals surface area (Å²) in [7, 11) is 2.24. The van der Waals surface area contributed by atoms with Crippen molar-refractivity contribution in [3.63, 3.8) is 0 Å². The summed E-state index contributed by atoms with van der Waals surface area (Å²) < 4.78 is 0. The summed E-state index contributed by atoms with van der Waals surface area (Å²) >= 11 is 0. The first-order valence-electron chi connectivity index (χ1n) is 8.85. The van der Waals surface area contributed by atoms with Crippen LogP contribution >= 0.6 is 0 Å². The Balaban J connectivity index is 1.41. The number of hydrogen-bond acceptors (Lipinski definition) is 5. The number of piperidine rings is 1. The molecule has 0 radical (unpaired) electrons. The minimum absolute atomic E-state index is 0.594. The van der Waals surface area contributed by atoms with Crippen molar-refractivity contribution < 1.29 is 0 Å². The number of pyridine rings is 1. The van der Waals surface area contributed by atoms with Crippen molar-refractivity contribution in [1.29, 1.82) is 0 Å². The average molecular weight is 333 g/mol. The van der Waals surface area contributed by atoms with E-state index in [1.807, 2.05) is 30.9 Å². The van der Waals surface area contributed by atoms with Crippen LogP contribution in [-0.2, 0) is 6.54 Å². The van der Waals surface area contributed by atoms with Gasteiger partial charge in [-0.1, -0.05) is 18.2 Å². The lowest BCUT2D eigenvalue weighted by Gasteiger charge is -2.36. The highest BCUT2D eigenvalue weighted by Gasteiger charge is 2.24. The van der Waals surface area contributed by atoms with Gasteiger partial charge in [0.2, 0.25) is 5.95 Å². The van der Waals surface area contributed by atoms with E-state index in [4.69, 9.17) is 0 Å². The Labute approximate surface area is 148 Å². The first-order valence-corrected chi connectivity index (χ1v) is 8.85.